The predicted octanol–water partition coefficient (Wildman–Crippen LogP) is 8.52. The third-order valence-electron chi connectivity index (χ3n) is 12.8. The third-order valence-corrected chi connectivity index (χ3v) is 14.8. The van der Waals surface area contributed by atoms with Crippen molar-refractivity contribution in [3.63, 3.8) is 0 Å². The van der Waals surface area contributed by atoms with Gasteiger partial charge in [-0.15, -0.1) is 10.2 Å². The Balaban J connectivity index is 0.000000220. The monoisotopic (exact) mass is 1240 g/mol. The van der Waals surface area contributed by atoms with Crippen molar-refractivity contribution >= 4 is 76.7 Å². The Labute approximate surface area is 507 Å². The average Bonchev–Trinajstić information content (AvgIpc) is 4.51. The second-order valence-electron chi connectivity index (χ2n) is 22.2. The number of nitrogens with one attached hydrogen (secondary N) is 2. The van der Waals surface area contributed by atoms with E-state index in [2.05, 4.69) is 117 Å². The third kappa shape index (κ3) is 16.2. The van der Waals surface area contributed by atoms with Crippen molar-refractivity contribution in [2.24, 2.45) is 10.8 Å². The molecule has 1 unspecified atom stereocenters. The number of fused-ring (bicyclic) bond motifs is 2. The normalized spacial score (nSPS) is 15.7. The maximum absolute atomic E-state index is 13.9. The van der Waals surface area contributed by atoms with E-state index in [9.17, 15) is 30.5 Å². The van der Waals surface area contributed by atoms with Crippen molar-refractivity contribution < 1.29 is 58.3 Å². The van der Waals surface area contributed by atoms with Crippen molar-refractivity contribution in [1.29, 1.82) is 10.5 Å². The molecule has 2 fully saturated rings. The van der Waals surface area contributed by atoms with Crippen LogP contribution in [0, 0.1) is 48.7 Å². The van der Waals surface area contributed by atoms with E-state index in [0.717, 1.165) is 63.9 Å². The van der Waals surface area contributed by atoms with Crippen LogP contribution in [0.1, 0.15) is 139 Å². The molecule has 0 bridgehead atoms. The molecule has 0 spiro atoms. The maximum atomic E-state index is 13.9. The van der Waals surface area contributed by atoms with E-state index in [0.29, 0.717) is 70.3 Å². The Morgan fingerprint density at radius 1 is 0.738 bits per heavy atom. The fourth-order valence-corrected chi connectivity index (χ4v) is 10.4. The minimum Gasteiger partial charge on any atom is -0.773 e. The molecular formula is C58H62F2IN12NaO4S2. The summed E-state index contributed by atoms with van der Waals surface area (Å²) in [7, 11) is -3.74. The molecule has 0 radical (unpaired) electrons. The number of nitriles is 2. The molecule has 4 aromatic carbocycles. The minimum atomic E-state index is -3.74. The molecule has 4 aromatic heterocycles. The van der Waals surface area contributed by atoms with Gasteiger partial charge < -0.3 is 15.2 Å². The molecule has 2 aliphatic rings. The molecule has 8 aromatic rings. The summed E-state index contributed by atoms with van der Waals surface area (Å²) in [6.07, 6.45) is 13.2. The van der Waals surface area contributed by atoms with Crippen LogP contribution >= 0.6 is 22.6 Å². The summed E-state index contributed by atoms with van der Waals surface area (Å²) < 4.78 is 95.4. The first-order valence-corrected chi connectivity index (χ1v) is 30.0. The molecule has 412 valence electrons. The van der Waals surface area contributed by atoms with E-state index in [1.165, 1.54) is 36.5 Å². The summed E-state index contributed by atoms with van der Waals surface area (Å²) in [6, 6.07) is 24.1. The number of nitrogens with zero attached hydrogens (tertiary/aromatic N) is 10. The van der Waals surface area contributed by atoms with Crippen LogP contribution in [-0.4, -0.2) is 82.7 Å². The summed E-state index contributed by atoms with van der Waals surface area (Å²) in [5.41, 5.74) is 6.42. The number of aromatic nitrogens is 8. The number of anilines is 2. The predicted molar refractivity (Wildman–Crippen MR) is 310 cm³/mol. The zero-order valence-corrected chi connectivity index (χ0v) is 51.9. The Morgan fingerprint density at radius 3 is 1.50 bits per heavy atom. The molecule has 16 nitrogen and oxygen atoms in total. The summed E-state index contributed by atoms with van der Waals surface area (Å²) in [6.45, 7) is 13.8. The van der Waals surface area contributed by atoms with Crippen LogP contribution in [0.3, 0.4) is 0 Å². The number of pyridine rings is 2. The molecule has 2 N–H and O–H groups in total. The number of rotatable bonds is 15. The van der Waals surface area contributed by atoms with Crippen molar-refractivity contribution in [3.05, 3.63) is 158 Å². The van der Waals surface area contributed by atoms with Crippen LogP contribution in [0.4, 0.5) is 20.2 Å². The van der Waals surface area contributed by atoms with Crippen molar-refractivity contribution in [2.45, 2.75) is 109 Å². The largest absolute Gasteiger partial charge is 1.00 e. The van der Waals surface area contributed by atoms with Gasteiger partial charge in [-0.1, -0.05) is 87.3 Å². The molecule has 80 heavy (non-hydrogen) atoms. The van der Waals surface area contributed by atoms with Crippen LogP contribution in [-0.2, 0) is 33.8 Å². The van der Waals surface area contributed by atoms with Gasteiger partial charge in [0.05, 0.1) is 61.9 Å². The van der Waals surface area contributed by atoms with Crippen LogP contribution in [0.2, 0.25) is 0 Å². The SMILES string of the molecule is CS(=O)[O-].[2H][C@@](Cc1cc(I)c2ncc(C#N)c(NCC(C)(C)C)c2c1)(c1ccc(F)cc1)c1cn(C2CC2)nn1.[2H][C@@](Cc1cc(S(C)(=O)=O)c2ncc(C#N)c(NCC(C)(C)C)c2c1)(c1ccc(F)cc1)c1cn(C2CC2)nn1.[Na+]. The van der Waals surface area contributed by atoms with E-state index in [-0.39, 0.29) is 74.6 Å². The Hall–Kier alpha value is -5.79. The fraction of sp³-hybridized carbons (Fsp3) is 0.379. The number of hydrogen-bond acceptors (Lipinski definition) is 14. The quantitative estimate of drug-likeness (QED) is 0.0557. The topological polar surface area (TPSA) is 233 Å². The summed E-state index contributed by atoms with van der Waals surface area (Å²) in [5, 5.41) is 45.0. The van der Waals surface area contributed by atoms with E-state index < -0.39 is 38.5 Å². The zero-order valence-electron chi connectivity index (χ0n) is 48.1. The molecule has 10 rings (SSSR count). The minimum absolute atomic E-state index is 0. The van der Waals surface area contributed by atoms with E-state index in [1.54, 1.807) is 47.4 Å². The Kier molecular flexibility index (Phi) is 19.1. The van der Waals surface area contributed by atoms with Crippen molar-refractivity contribution in [3.8, 4) is 12.1 Å². The van der Waals surface area contributed by atoms with Gasteiger partial charge in [-0.25, -0.2) is 26.6 Å². The number of benzene rings is 4. The second kappa shape index (κ2) is 26.0. The smallest absolute Gasteiger partial charge is 0.773 e. The van der Waals surface area contributed by atoms with Crippen LogP contribution < -0.4 is 40.2 Å². The van der Waals surface area contributed by atoms with Gasteiger partial charge in [-0.2, -0.15) is 10.5 Å². The molecule has 22 heteroatoms. The molecule has 0 aliphatic heterocycles. The van der Waals surface area contributed by atoms with Gasteiger partial charge in [-0.3, -0.25) is 14.2 Å². The molecule has 0 amide bonds. The Morgan fingerprint density at radius 2 is 1.12 bits per heavy atom. The first-order chi connectivity index (χ1) is 38.1. The molecule has 4 heterocycles. The van der Waals surface area contributed by atoms with Gasteiger partial charge in [0.15, 0.2) is 9.84 Å². The summed E-state index contributed by atoms with van der Waals surface area (Å²) >= 11 is 0.398. The number of hydrogen-bond donors (Lipinski definition) is 2. The van der Waals surface area contributed by atoms with Gasteiger partial charge in [-0.05, 0) is 149 Å². The first-order valence-electron chi connectivity index (χ1n) is 26.5. The van der Waals surface area contributed by atoms with Gasteiger partial charge >= 0.3 is 29.6 Å². The fourth-order valence-electron chi connectivity index (χ4n) is 8.64. The first kappa shape index (κ1) is 58.9. The van der Waals surface area contributed by atoms with Crippen LogP contribution in [0.25, 0.3) is 21.8 Å². The zero-order chi connectivity index (χ0) is 58.8. The molecule has 2 saturated carbocycles. The molecule has 2 aliphatic carbocycles. The molecular weight excluding hydrogens is 1180 g/mol. The summed E-state index contributed by atoms with van der Waals surface area (Å²) in [4.78, 5) is 8.93. The van der Waals surface area contributed by atoms with E-state index in [4.69, 9.17) is 8.76 Å². The standard InChI is InChI=1S/C29H31FN6O2S.C28H28FIN6.CH4O2S.Na/c1-29(2,3)17-33-27-20(14-31)15-32-28-24(27)12-18(13-26(28)39(4,37)38)11-23(19-5-7-21(30)8-6-19)25-16-36(35-34-25)22-9-10-22;1-28(2,3)16-33-26-19(13-31)14-32-27-23(26)11-17(12-24(27)30)10-22(18-4-6-20(29)7-5-18)25-15-36(35-34-25)21-8-9-21;1-4(2)3;/h5-8,12-13,15-16,22-23H,9-11,17H2,1-4H3,(H,32,33);4-7,11-12,14-15,21-22H,8-10,16H2,1-3H3,(H,32,33);1H3,(H,2,3);/q;;;+1/p-1/t23-;22-;;/m11../s1/i23D;22D;;. The van der Waals surface area contributed by atoms with E-state index in [1.807, 2.05) is 23.0 Å². The van der Waals surface area contributed by atoms with Gasteiger partial charge in [0.1, 0.15) is 23.8 Å². The van der Waals surface area contributed by atoms with Gasteiger partial charge in [0.25, 0.3) is 0 Å². The average molecular weight is 1250 g/mol. The number of sulfone groups is 1. The molecule has 3 atom stereocenters. The van der Waals surface area contributed by atoms with Crippen molar-refractivity contribution in [1.82, 2.24) is 40.0 Å². The Bertz CT molecular complexity index is 3860. The van der Waals surface area contributed by atoms with Crippen LogP contribution in [0.5, 0.6) is 0 Å². The molecule has 0 saturated heterocycles. The van der Waals surface area contributed by atoms with Gasteiger partial charge in [0, 0.05) is 73.0 Å². The summed E-state index contributed by atoms with van der Waals surface area (Å²) in [5.74, 6) is -3.56. The van der Waals surface area contributed by atoms with E-state index >= 15 is 0 Å². The van der Waals surface area contributed by atoms with Crippen LogP contribution in [0.15, 0.2) is 102 Å². The maximum Gasteiger partial charge on any atom is 1.00 e. The number of halogens is 3. The van der Waals surface area contributed by atoms with Crippen molar-refractivity contribution in [2.75, 3.05) is 36.2 Å². The second-order valence-corrected chi connectivity index (χ2v) is 26.2. The van der Waals surface area contributed by atoms with Gasteiger partial charge in [0.2, 0.25) is 0 Å².